The zero-order valence-corrected chi connectivity index (χ0v) is 7.97. The lowest BCUT2D eigenvalue weighted by molar-refractivity contribution is 0.0428. The highest BCUT2D eigenvalue weighted by molar-refractivity contribution is 4.75. The molecule has 1 aliphatic heterocycles. The van der Waals surface area contributed by atoms with E-state index in [1.165, 1.54) is 19.3 Å². The first-order valence-corrected chi connectivity index (χ1v) is 4.87. The maximum atomic E-state index is 5.67. The van der Waals surface area contributed by atoms with Crippen molar-refractivity contribution in [2.24, 2.45) is 11.8 Å². The molecule has 0 aromatic carbocycles. The monoisotopic (exact) mass is 156 g/mol. The van der Waals surface area contributed by atoms with Crippen molar-refractivity contribution in [1.82, 2.24) is 0 Å². The molecule has 0 radical (unpaired) electrons. The molecule has 0 amide bonds. The van der Waals surface area contributed by atoms with Gasteiger partial charge in [-0.05, 0) is 24.7 Å². The highest BCUT2D eigenvalue weighted by Crippen LogP contribution is 2.28. The maximum Gasteiger partial charge on any atom is 0.0606 e. The molecule has 1 aliphatic rings. The lowest BCUT2D eigenvalue weighted by Gasteiger charge is -2.24. The van der Waals surface area contributed by atoms with Crippen molar-refractivity contribution in [2.75, 3.05) is 6.61 Å². The van der Waals surface area contributed by atoms with Crippen LogP contribution in [0.4, 0.5) is 0 Å². The number of hydrogen-bond acceptors (Lipinski definition) is 1. The second-order valence-corrected chi connectivity index (χ2v) is 3.87. The van der Waals surface area contributed by atoms with Gasteiger partial charge >= 0.3 is 0 Å². The van der Waals surface area contributed by atoms with Crippen molar-refractivity contribution in [3.05, 3.63) is 0 Å². The van der Waals surface area contributed by atoms with E-state index in [0.29, 0.717) is 6.10 Å². The van der Waals surface area contributed by atoms with Crippen LogP contribution in [0.25, 0.3) is 0 Å². The number of rotatable bonds is 3. The molecule has 0 aromatic rings. The third-order valence-electron chi connectivity index (χ3n) is 2.77. The third kappa shape index (κ3) is 2.19. The van der Waals surface area contributed by atoms with Crippen molar-refractivity contribution >= 4 is 0 Å². The second-order valence-electron chi connectivity index (χ2n) is 3.87. The first-order valence-electron chi connectivity index (χ1n) is 4.87. The summed E-state index contributed by atoms with van der Waals surface area (Å²) in [5, 5.41) is 0. The van der Waals surface area contributed by atoms with Gasteiger partial charge in [0.2, 0.25) is 0 Å². The summed E-state index contributed by atoms with van der Waals surface area (Å²) in [6, 6.07) is 0. The van der Waals surface area contributed by atoms with Crippen LogP contribution in [-0.2, 0) is 4.74 Å². The first kappa shape index (κ1) is 9.05. The minimum Gasteiger partial charge on any atom is -0.378 e. The molecule has 0 aromatic heterocycles. The van der Waals surface area contributed by atoms with Crippen LogP contribution >= 0.6 is 0 Å². The fourth-order valence-electron chi connectivity index (χ4n) is 2.10. The lowest BCUT2D eigenvalue weighted by atomic mass is 9.87. The summed E-state index contributed by atoms with van der Waals surface area (Å²) < 4.78 is 5.67. The Bertz CT molecular complexity index is 103. The normalized spacial score (nSPS) is 27.8. The summed E-state index contributed by atoms with van der Waals surface area (Å²) in [4.78, 5) is 0. The molecule has 0 aliphatic carbocycles. The Hall–Kier alpha value is -0.0400. The molecule has 0 spiro atoms. The van der Waals surface area contributed by atoms with Gasteiger partial charge in [-0.2, -0.15) is 0 Å². The zero-order valence-electron chi connectivity index (χ0n) is 7.97. The molecule has 0 saturated carbocycles. The quantitative estimate of drug-likeness (QED) is 0.610. The predicted octanol–water partition coefficient (Wildman–Crippen LogP) is 2.85. The molecule has 2 unspecified atom stereocenters. The molecule has 1 nitrogen and oxygen atoms in total. The van der Waals surface area contributed by atoms with Gasteiger partial charge in [0.1, 0.15) is 0 Å². The van der Waals surface area contributed by atoms with E-state index >= 15 is 0 Å². The first-order chi connectivity index (χ1) is 5.25. The van der Waals surface area contributed by atoms with E-state index in [1.807, 2.05) is 0 Å². The van der Waals surface area contributed by atoms with E-state index in [2.05, 4.69) is 20.8 Å². The average Bonchev–Trinajstić information content (AvgIpc) is 2.40. The van der Waals surface area contributed by atoms with Crippen LogP contribution in [0, 0.1) is 11.8 Å². The van der Waals surface area contributed by atoms with E-state index < -0.39 is 0 Å². The summed E-state index contributed by atoms with van der Waals surface area (Å²) in [6.45, 7) is 7.87. The van der Waals surface area contributed by atoms with E-state index in [-0.39, 0.29) is 0 Å². The van der Waals surface area contributed by atoms with Crippen molar-refractivity contribution in [2.45, 2.75) is 46.1 Å². The Morgan fingerprint density at radius 3 is 2.55 bits per heavy atom. The van der Waals surface area contributed by atoms with Gasteiger partial charge in [0.25, 0.3) is 0 Å². The van der Waals surface area contributed by atoms with Crippen LogP contribution in [0.3, 0.4) is 0 Å². The van der Waals surface area contributed by atoms with Crippen molar-refractivity contribution in [3.8, 4) is 0 Å². The Morgan fingerprint density at radius 2 is 2.18 bits per heavy atom. The summed E-state index contributed by atoms with van der Waals surface area (Å²) in [5.74, 6) is 1.57. The van der Waals surface area contributed by atoms with Gasteiger partial charge in [0.15, 0.2) is 0 Å². The Morgan fingerprint density at radius 1 is 1.45 bits per heavy atom. The molecule has 2 atom stereocenters. The molecule has 0 N–H and O–H groups in total. The Kier molecular flexibility index (Phi) is 3.38. The number of hydrogen-bond donors (Lipinski definition) is 0. The largest absolute Gasteiger partial charge is 0.378 e. The van der Waals surface area contributed by atoms with Crippen LogP contribution in [0.15, 0.2) is 0 Å². The van der Waals surface area contributed by atoms with Crippen LogP contribution in [0.5, 0.6) is 0 Å². The molecule has 0 bridgehead atoms. The van der Waals surface area contributed by atoms with Gasteiger partial charge < -0.3 is 4.74 Å². The molecule has 1 heterocycles. The summed E-state index contributed by atoms with van der Waals surface area (Å²) >= 11 is 0. The fourth-order valence-corrected chi connectivity index (χ4v) is 2.10. The highest BCUT2D eigenvalue weighted by atomic mass is 16.5. The SMILES string of the molecule is CCC(C(C)C)C1CCCO1. The molecule has 66 valence electrons. The average molecular weight is 156 g/mol. The fraction of sp³-hybridized carbons (Fsp3) is 1.00. The van der Waals surface area contributed by atoms with Crippen LogP contribution in [0.2, 0.25) is 0 Å². The molecule has 1 heteroatoms. The van der Waals surface area contributed by atoms with Crippen molar-refractivity contribution in [1.29, 1.82) is 0 Å². The topological polar surface area (TPSA) is 9.23 Å². The van der Waals surface area contributed by atoms with Crippen LogP contribution < -0.4 is 0 Å². The molecular formula is C10H20O. The molecule has 11 heavy (non-hydrogen) atoms. The minimum absolute atomic E-state index is 0.569. The molecule has 1 fully saturated rings. The van der Waals surface area contributed by atoms with E-state index in [4.69, 9.17) is 4.74 Å². The lowest BCUT2D eigenvalue weighted by Crippen LogP contribution is -2.23. The predicted molar refractivity (Wildman–Crippen MR) is 47.6 cm³/mol. The van der Waals surface area contributed by atoms with Crippen molar-refractivity contribution in [3.63, 3.8) is 0 Å². The van der Waals surface area contributed by atoms with E-state index in [0.717, 1.165) is 18.4 Å². The molecule has 1 rings (SSSR count). The van der Waals surface area contributed by atoms with E-state index in [9.17, 15) is 0 Å². The third-order valence-corrected chi connectivity index (χ3v) is 2.77. The van der Waals surface area contributed by atoms with Gasteiger partial charge in [0.05, 0.1) is 6.10 Å². The second kappa shape index (κ2) is 4.10. The zero-order chi connectivity index (χ0) is 8.27. The van der Waals surface area contributed by atoms with Crippen LogP contribution in [0.1, 0.15) is 40.0 Å². The Balaban J connectivity index is 2.40. The van der Waals surface area contributed by atoms with Gasteiger partial charge in [-0.25, -0.2) is 0 Å². The smallest absolute Gasteiger partial charge is 0.0606 e. The van der Waals surface area contributed by atoms with Gasteiger partial charge in [-0.15, -0.1) is 0 Å². The number of ether oxygens (including phenoxy) is 1. The van der Waals surface area contributed by atoms with Gasteiger partial charge in [0, 0.05) is 6.61 Å². The standard InChI is InChI=1S/C10H20O/c1-4-9(8(2)3)10-6-5-7-11-10/h8-10H,4-7H2,1-3H3. The summed E-state index contributed by atoms with van der Waals surface area (Å²) in [7, 11) is 0. The summed E-state index contributed by atoms with van der Waals surface area (Å²) in [5.41, 5.74) is 0. The van der Waals surface area contributed by atoms with Gasteiger partial charge in [-0.3, -0.25) is 0 Å². The minimum atomic E-state index is 0.569. The van der Waals surface area contributed by atoms with Crippen molar-refractivity contribution < 1.29 is 4.74 Å². The highest BCUT2D eigenvalue weighted by Gasteiger charge is 2.26. The van der Waals surface area contributed by atoms with Crippen LogP contribution in [-0.4, -0.2) is 12.7 Å². The summed E-state index contributed by atoms with van der Waals surface area (Å²) in [6.07, 6.45) is 4.40. The maximum absolute atomic E-state index is 5.67. The van der Waals surface area contributed by atoms with Gasteiger partial charge in [-0.1, -0.05) is 27.2 Å². The Labute approximate surface area is 70.1 Å². The van der Waals surface area contributed by atoms with E-state index in [1.54, 1.807) is 0 Å². The molecule has 1 saturated heterocycles. The molecular weight excluding hydrogens is 136 g/mol.